The van der Waals surface area contributed by atoms with Crippen molar-refractivity contribution in [2.45, 2.75) is 6.92 Å². The van der Waals surface area contributed by atoms with Gasteiger partial charge in [0.2, 0.25) is 0 Å². The molecular formula is C40H28O2. The molecule has 0 radical (unpaired) electrons. The number of carbonyl (C=O) groups is 1. The molecule has 0 atom stereocenters. The summed E-state index contributed by atoms with van der Waals surface area (Å²) in [5.74, 6) is 0.225. The molecule has 0 aromatic heterocycles. The molecule has 0 saturated carbocycles. The number of benzene rings is 6. The van der Waals surface area contributed by atoms with Crippen LogP contribution in [-0.2, 0) is 4.74 Å². The molecule has 0 N–H and O–H groups in total. The van der Waals surface area contributed by atoms with Crippen LogP contribution in [0, 0.1) is 6.92 Å². The fraction of sp³-hybridized carbons (Fsp3) is 0.0250. The molecule has 1 aliphatic rings. The smallest absolute Gasteiger partial charge is 0.344 e. The highest BCUT2D eigenvalue weighted by atomic mass is 16.5. The van der Waals surface area contributed by atoms with Crippen molar-refractivity contribution in [2.24, 2.45) is 0 Å². The van der Waals surface area contributed by atoms with E-state index in [0.29, 0.717) is 11.3 Å². The minimum atomic E-state index is -0.337. The standard InChI is InChI=1S/C40H28O2/c1-27-22-24-28(25-23-27)26-33-38-36(31-18-10-4-11-19-31)34(29-14-6-2-7-15-29)35(30-16-8-3-9-17-30)37(39(38)40(41)42-33)32-20-12-5-13-21-32/h2-26H,1H3. The van der Waals surface area contributed by atoms with Crippen molar-refractivity contribution >= 4 is 17.8 Å². The predicted molar refractivity (Wildman–Crippen MR) is 173 cm³/mol. The number of cyclic esters (lactones) is 1. The van der Waals surface area contributed by atoms with Gasteiger partial charge in [0.15, 0.2) is 0 Å². The Balaban J connectivity index is 1.71. The highest BCUT2D eigenvalue weighted by molar-refractivity contribution is 6.19. The number of hydrogen-bond donors (Lipinski definition) is 0. The van der Waals surface area contributed by atoms with Crippen molar-refractivity contribution in [1.82, 2.24) is 0 Å². The number of rotatable bonds is 5. The lowest BCUT2D eigenvalue weighted by Gasteiger charge is -2.24. The Bertz CT molecular complexity index is 1920. The van der Waals surface area contributed by atoms with Crippen LogP contribution in [0.4, 0.5) is 0 Å². The van der Waals surface area contributed by atoms with Gasteiger partial charge in [-0.3, -0.25) is 0 Å². The average molecular weight is 541 g/mol. The van der Waals surface area contributed by atoms with Crippen LogP contribution in [0.1, 0.15) is 27.0 Å². The van der Waals surface area contributed by atoms with E-state index in [4.69, 9.17) is 4.74 Å². The molecule has 0 saturated heterocycles. The minimum absolute atomic E-state index is 0.337. The largest absolute Gasteiger partial charge is 0.422 e. The zero-order valence-corrected chi connectivity index (χ0v) is 23.3. The van der Waals surface area contributed by atoms with Gasteiger partial charge in [0.05, 0.1) is 5.56 Å². The number of hydrogen-bond acceptors (Lipinski definition) is 2. The van der Waals surface area contributed by atoms with Gasteiger partial charge in [-0.25, -0.2) is 4.79 Å². The second kappa shape index (κ2) is 10.8. The Kier molecular flexibility index (Phi) is 6.58. The van der Waals surface area contributed by atoms with E-state index < -0.39 is 0 Å². The Hall–Kier alpha value is -5.47. The Morgan fingerprint density at radius 1 is 0.429 bits per heavy atom. The maximum absolute atomic E-state index is 14.1. The van der Waals surface area contributed by atoms with Crippen LogP contribution < -0.4 is 0 Å². The lowest BCUT2D eigenvalue weighted by Crippen LogP contribution is -2.04. The van der Waals surface area contributed by atoms with Gasteiger partial charge in [-0.05, 0) is 51.9 Å². The molecule has 0 bridgehead atoms. The van der Waals surface area contributed by atoms with Gasteiger partial charge in [-0.15, -0.1) is 0 Å². The molecule has 2 heteroatoms. The van der Waals surface area contributed by atoms with Gasteiger partial charge < -0.3 is 4.74 Å². The fourth-order valence-electron chi connectivity index (χ4n) is 5.89. The first-order valence-corrected chi connectivity index (χ1v) is 14.2. The number of ether oxygens (including phenoxy) is 1. The summed E-state index contributed by atoms with van der Waals surface area (Å²) in [5.41, 5.74) is 11.6. The lowest BCUT2D eigenvalue weighted by molar-refractivity contribution is 0.0718. The van der Waals surface area contributed by atoms with E-state index in [9.17, 15) is 4.79 Å². The molecule has 200 valence electrons. The zero-order valence-electron chi connectivity index (χ0n) is 23.3. The summed E-state index contributed by atoms with van der Waals surface area (Å²) in [4.78, 5) is 14.1. The quantitative estimate of drug-likeness (QED) is 0.203. The number of aryl methyl sites for hydroxylation is 1. The monoisotopic (exact) mass is 540 g/mol. The van der Waals surface area contributed by atoms with Crippen molar-refractivity contribution < 1.29 is 9.53 Å². The van der Waals surface area contributed by atoms with Crippen molar-refractivity contribution in [3.8, 4) is 44.5 Å². The summed E-state index contributed by atoms with van der Waals surface area (Å²) in [6.07, 6.45) is 1.99. The first-order chi connectivity index (χ1) is 20.7. The first kappa shape index (κ1) is 25.5. The topological polar surface area (TPSA) is 26.3 Å². The van der Waals surface area contributed by atoms with Gasteiger partial charge in [0.1, 0.15) is 5.76 Å². The van der Waals surface area contributed by atoms with E-state index >= 15 is 0 Å². The summed E-state index contributed by atoms with van der Waals surface area (Å²) in [5, 5.41) is 0. The summed E-state index contributed by atoms with van der Waals surface area (Å²) in [6.45, 7) is 2.07. The maximum Gasteiger partial charge on any atom is 0.344 e. The van der Waals surface area contributed by atoms with Crippen molar-refractivity contribution in [3.05, 3.63) is 168 Å². The van der Waals surface area contributed by atoms with Gasteiger partial charge in [0, 0.05) is 16.7 Å². The van der Waals surface area contributed by atoms with E-state index in [1.165, 1.54) is 5.56 Å². The van der Waals surface area contributed by atoms with Crippen LogP contribution in [0.5, 0.6) is 0 Å². The van der Waals surface area contributed by atoms with Crippen LogP contribution in [0.25, 0.3) is 56.3 Å². The zero-order chi connectivity index (χ0) is 28.5. The second-order valence-electron chi connectivity index (χ2n) is 10.5. The van der Waals surface area contributed by atoms with Gasteiger partial charge in [-0.1, -0.05) is 151 Å². The Labute approximate surface area is 246 Å². The van der Waals surface area contributed by atoms with E-state index in [0.717, 1.165) is 55.6 Å². The van der Waals surface area contributed by atoms with Crippen molar-refractivity contribution in [2.75, 3.05) is 0 Å². The van der Waals surface area contributed by atoms with Crippen LogP contribution in [0.3, 0.4) is 0 Å². The van der Waals surface area contributed by atoms with Crippen molar-refractivity contribution in [1.29, 1.82) is 0 Å². The first-order valence-electron chi connectivity index (χ1n) is 14.2. The summed E-state index contributed by atoms with van der Waals surface area (Å²) < 4.78 is 6.19. The van der Waals surface area contributed by atoms with Crippen LogP contribution in [0.2, 0.25) is 0 Å². The van der Waals surface area contributed by atoms with E-state index in [1.54, 1.807) is 0 Å². The molecule has 6 aromatic carbocycles. The van der Waals surface area contributed by atoms with E-state index in [1.807, 2.05) is 54.6 Å². The summed E-state index contributed by atoms with van der Waals surface area (Å²) >= 11 is 0. The molecule has 0 amide bonds. The molecule has 42 heavy (non-hydrogen) atoms. The Morgan fingerprint density at radius 3 is 1.19 bits per heavy atom. The average Bonchev–Trinajstić information content (AvgIpc) is 3.37. The van der Waals surface area contributed by atoms with Crippen molar-refractivity contribution in [3.63, 3.8) is 0 Å². The molecule has 0 spiro atoms. The molecule has 1 aliphatic heterocycles. The van der Waals surface area contributed by atoms with Crippen LogP contribution >= 0.6 is 0 Å². The summed E-state index contributed by atoms with van der Waals surface area (Å²) in [6, 6.07) is 49.7. The SMILES string of the molecule is Cc1ccc(C=C2OC(=O)c3c2c(-c2ccccc2)c(-c2ccccc2)c(-c2ccccc2)c3-c2ccccc2)cc1. The molecule has 2 nitrogen and oxygen atoms in total. The second-order valence-corrected chi connectivity index (χ2v) is 10.5. The molecule has 0 unspecified atom stereocenters. The van der Waals surface area contributed by atoms with E-state index in [-0.39, 0.29) is 5.97 Å². The predicted octanol–water partition coefficient (Wildman–Crippen LogP) is 10.3. The normalized spacial score (nSPS) is 13.2. The molecule has 0 aliphatic carbocycles. The number of esters is 1. The van der Waals surface area contributed by atoms with Gasteiger partial charge in [-0.2, -0.15) is 0 Å². The molecule has 7 rings (SSSR count). The lowest BCUT2D eigenvalue weighted by atomic mass is 9.77. The molecular weight excluding hydrogens is 512 g/mol. The third-order valence-corrected chi connectivity index (χ3v) is 7.78. The highest BCUT2D eigenvalue weighted by Crippen LogP contribution is 2.54. The van der Waals surface area contributed by atoms with Crippen LogP contribution in [-0.4, -0.2) is 5.97 Å². The number of fused-ring (bicyclic) bond motifs is 1. The molecule has 1 heterocycles. The van der Waals surface area contributed by atoms with Gasteiger partial charge >= 0.3 is 5.97 Å². The third kappa shape index (κ3) is 4.53. The fourth-order valence-corrected chi connectivity index (χ4v) is 5.89. The molecule has 6 aromatic rings. The minimum Gasteiger partial charge on any atom is -0.422 e. The number of carbonyl (C=O) groups excluding carboxylic acids is 1. The van der Waals surface area contributed by atoms with Crippen LogP contribution in [0.15, 0.2) is 146 Å². The maximum atomic E-state index is 14.1. The van der Waals surface area contributed by atoms with Gasteiger partial charge in [0.25, 0.3) is 0 Å². The van der Waals surface area contributed by atoms with E-state index in [2.05, 4.69) is 104 Å². The third-order valence-electron chi connectivity index (χ3n) is 7.78. The molecule has 0 fully saturated rings. The highest BCUT2D eigenvalue weighted by Gasteiger charge is 2.37. The summed E-state index contributed by atoms with van der Waals surface area (Å²) in [7, 11) is 0. The Morgan fingerprint density at radius 2 is 0.786 bits per heavy atom.